The zero-order chi connectivity index (χ0) is 23.5. The fourth-order valence-corrected chi connectivity index (χ4v) is 3.69. The molecule has 0 radical (unpaired) electrons. The molecule has 0 unspecified atom stereocenters. The standard InChI is InChI=1S/C25H19NO7/c1-31-18-11-6-12-19(32-2)22(18)25(30)33-13-20(27)26-17-10-5-9-16-21(17)24(29)15-8-4-3-7-14(15)23(16)28/h3-12H,13H2,1-2H3,(H,26,27). The van der Waals surface area contributed by atoms with Crippen LogP contribution in [0.15, 0.2) is 60.7 Å². The van der Waals surface area contributed by atoms with Crippen molar-refractivity contribution >= 4 is 29.1 Å². The van der Waals surface area contributed by atoms with Crippen LogP contribution < -0.4 is 14.8 Å². The lowest BCUT2D eigenvalue weighted by Gasteiger charge is -2.20. The molecular weight excluding hydrogens is 426 g/mol. The van der Waals surface area contributed by atoms with Gasteiger partial charge in [0, 0.05) is 16.7 Å². The Bertz CT molecular complexity index is 1270. The Morgan fingerprint density at radius 1 is 0.758 bits per heavy atom. The number of benzene rings is 3. The lowest BCUT2D eigenvalue weighted by atomic mass is 9.83. The second-order valence-electron chi connectivity index (χ2n) is 7.09. The normalized spacial score (nSPS) is 11.8. The van der Waals surface area contributed by atoms with Crippen LogP contribution in [0.2, 0.25) is 0 Å². The Balaban J connectivity index is 1.53. The van der Waals surface area contributed by atoms with Crippen LogP contribution in [-0.4, -0.2) is 44.3 Å². The fourth-order valence-electron chi connectivity index (χ4n) is 3.69. The van der Waals surface area contributed by atoms with Crippen LogP contribution >= 0.6 is 0 Å². The molecule has 0 aromatic heterocycles. The Hall–Kier alpha value is -4.46. The molecule has 0 saturated heterocycles. The van der Waals surface area contributed by atoms with Crippen molar-refractivity contribution in [2.45, 2.75) is 0 Å². The van der Waals surface area contributed by atoms with E-state index in [9.17, 15) is 19.2 Å². The maximum atomic E-state index is 13.0. The van der Waals surface area contributed by atoms with Crippen LogP contribution in [0.25, 0.3) is 0 Å². The highest BCUT2D eigenvalue weighted by atomic mass is 16.5. The number of ether oxygens (including phenoxy) is 3. The molecule has 1 N–H and O–H groups in total. The molecule has 1 aliphatic carbocycles. The van der Waals surface area contributed by atoms with Gasteiger partial charge in [-0.2, -0.15) is 0 Å². The topological polar surface area (TPSA) is 108 Å². The largest absolute Gasteiger partial charge is 0.496 e. The summed E-state index contributed by atoms with van der Waals surface area (Å²) in [7, 11) is 2.79. The van der Waals surface area contributed by atoms with Crippen LogP contribution in [0.3, 0.4) is 0 Å². The number of esters is 1. The van der Waals surface area contributed by atoms with E-state index in [1.165, 1.54) is 26.4 Å². The molecule has 8 heteroatoms. The lowest BCUT2D eigenvalue weighted by molar-refractivity contribution is -0.119. The summed E-state index contributed by atoms with van der Waals surface area (Å²) >= 11 is 0. The van der Waals surface area contributed by atoms with Gasteiger partial charge in [-0.15, -0.1) is 0 Å². The summed E-state index contributed by atoms with van der Waals surface area (Å²) in [6, 6.07) is 15.9. The summed E-state index contributed by atoms with van der Waals surface area (Å²) in [6.07, 6.45) is 0. The van der Waals surface area contributed by atoms with Crippen molar-refractivity contribution in [2.75, 3.05) is 26.1 Å². The van der Waals surface area contributed by atoms with Crippen LogP contribution in [0.4, 0.5) is 5.69 Å². The summed E-state index contributed by atoms with van der Waals surface area (Å²) < 4.78 is 15.5. The molecule has 0 heterocycles. The average molecular weight is 445 g/mol. The Morgan fingerprint density at radius 3 is 1.97 bits per heavy atom. The average Bonchev–Trinajstić information content (AvgIpc) is 2.85. The highest BCUT2D eigenvalue weighted by molar-refractivity contribution is 6.30. The molecule has 4 rings (SSSR count). The first-order chi connectivity index (χ1) is 16.0. The van der Waals surface area contributed by atoms with Gasteiger partial charge in [0.1, 0.15) is 17.1 Å². The first kappa shape index (κ1) is 21.8. The number of amides is 1. The Kier molecular flexibility index (Phi) is 5.91. The second-order valence-corrected chi connectivity index (χ2v) is 7.09. The van der Waals surface area contributed by atoms with Crippen molar-refractivity contribution in [1.82, 2.24) is 0 Å². The van der Waals surface area contributed by atoms with Gasteiger partial charge in [0.15, 0.2) is 18.2 Å². The first-order valence-corrected chi connectivity index (χ1v) is 9.95. The lowest BCUT2D eigenvalue weighted by Crippen LogP contribution is -2.26. The molecule has 3 aromatic carbocycles. The van der Waals surface area contributed by atoms with Crippen LogP contribution in [-0.2, 0) is 9.53 Å². The minimum absolute atomic E-state index is 0.0461. The molecule has 0 aliphatic heterocycles. The van der Waals surface area contributed by atoms with Gasteiger partial charge in [0.05, 0.1) is 25.5 Å². The second kappa shape index (κ2) is 8.96. The molecule has 166 valence electrons. The molecule has 33 heavy (non-hydrogen) atoms. The van der Waals surface area contributed by atoms with Crippen LogP contribution in [0, 0.1) is 0 Å². The number of rotatable bonds is 6. The SMILES string of the molecule is COc1cccc(OC)c1C(=O)OCC(=O)Nc1cccc2c1C(=O)c1ccccc1C2=O. The number of methoxy groups -OCH3 is 2. The van der Waals surface area contributed by atoms with Crippen molar-refractivity contribution < 1.29 is 33.4 Å². The minimum Gasteiger partial charge on any atom is -0.496 e. The van der Waals surface area contributed by atoms with Crippen molar-refractivity contribution in [3.05, 3.63) is 88.5 Å². The Morgan fingerprint density at radius 2 is 1.33 bits per heavy atom. The van der Waals surface area contributed by atoms with E-state index in [2.05, 4.69) is 5.32 Å². The molecule has 0 saturated carbocycles. The maximum absolute atomic E-state index is 13.0. The van der Waals surface area contributed by atoms with Gasteiger partial charge >= 0.3 is 5.97 Å². The molecule has 1 aliphatic rings. The predicted octanol–water partition coefficient (Wildman–Crippen LogP) is 3.27. The van der Waals surface area contributed by atoms with Gasteiger partial charge < -0.3 is 19.5 Å². The summed E-state index contributed by atoms with van der Waals surface area (Å²) in [5.41, 5.74) is 1.10. The van der Waals surface area contributed by atoms with Crippen molar-refractivity contribution in [3.8, 4) is 11.5 Å². The summed E-state index contributed by atoms with van der Waals surface area (Å²) in [6.45, 7) is -0.623. The van der Waals surface area contributed by atoms with E-state index in [0.29, 0.717) is 5.56 Å². The number of hydrogen-bond donors (Lipinski definition) is 1. The van der Waals surface area contributed by atoms with Gasteiger partial charge in [0.25, 0.3) is 5.91 Å². The third kappa shape index (κ3) is 3.94. The number of carbonyl (C=O) groups excluding carboxylic acids is 4. The molecule has 0 fully saturated rings. The monoisotopic (exact) mass is 445 g/mol. The van der Waals surface area contributed by atoms with E-state index < -0.39 is 18.5 Å². The molecule has 8 nitrogen and oxygen atoms in total. The molecule has 0 bridgehead atoms. The number of fused-ring (bicyclic) bond motifs is 2. The molecule has 3 aromatic rings. The molecule has 0 spiro atoms. The van der Waals surface area contributed by atoms with E-state index >= 15 is 0 Å². The predicted molar refractivity (Wildman–Crippen MR) is 118 cm³/mol. The van der Waals surface area contributed by atoms with Gasteiger partial charge in [0.2, 0.25) is 0 Å². The smallest absolute Gasteiger partial charge is 0.346 e. The van der Waals surface area contributed by atoms with Gasteiger partial charge in [-0.25, -0.2) is 4.79 Å². The maximum Gasteiger partial charge on any atom is 0.346 e. The van der Waals surface area contributed by atoms with Gasteiger partial charge in [-0.05, 0) is 18.2 Å². The zero-order valence-electron chi connectivity index (χ0n) is 17.8. The third-order valence-corrected chi connectivity index (χ3v) is 5.19. The number of nitrogens with one attached hydrogen (secondary N) is 1. The van der Waals surface area contributed by atoms with Crippen molar-refractivity contribution in [3.63, 3.8) is 0 Å². The van der Waals surface area contributed by atoms with E-state index in [0.717, 1.165) is 0 Å². The number of ketones is 2. The van der Waals surface area contributed by atoms with Gasteiger partial charge in [-0.3, -0.25) is 14.4 Å². The number of hydrogen-bond acceptors (Lipinski definition) is 7. The van der Waals surface area contributed by atoms with E-state index in [1.807, 2.05) is 0 Å². The van der Waals surface area contributed by atoms with E-state index in [-0.39, 0.29) is 51.0 Å². The highest BCUT2D eigenvalue weighted by Crippen LogP contribution is 2.32. The first-order valence-electron chi connectivity index (χ1n) is 9.95. The quantitative estimate of drug-likeness (QED) is 0.454. The van der Waals surface area contributed by atoms with Gasteiger partial charge in [-0.1, -0.05) is 42.5 Å². The third-order valence-electron chi connectivity index (χ3n) is 5.19. The number of anilines is 1. The van der Waals surface area contributed by atoms with Crippen molar-refractivity contribution in [1.29, 1.82) is 0 Å². The molecular formula is C25H19NO7. The summed E-state index contributed by atoms with van der Waals surface area (Å²) in [4.78, 5) is 51.0. The fraction of sp³-hybridized carbons (Fsp3) is 0.120. The molecule has 0 atom stereocenters. The van der Waals surface area contributed by atoms with Crippen LogP contribution in [0.5, 0.6) is 11.5 Å². The highest BCUT2D eigenvalue weighted by Gasteiger charge is 2.31. The van der Waals surface area contributed by atoms with Crippen molar-refractivity contribution in [2.24, 2.45) is 0 Å². The van der Waals surface area contributed by atoms with E-state index in [4.69, 9.17) is 14.2 Å². The number of carbonyl (C=O) groups is 4. The summed E-state index contributed by atoms with van der Waals surface area (Å²) in [5.74, 6) is -1.68. The van der Waals surface area contributed by atoms with Crippen LogP contribution in [0.1, 0.15) is 42.2 Å². The molecule has 1 amide bonds. The van der Waals surface area contributed by atoms with E-state index in [1.54, 1.807) is 48.5 Å². The Labute approximate surface area is 189 Å². The minimum atomic E-state index is -0.810. The zero-order valence-corrected chi connectivity index (χ0v) is 17.8. The summed E-state index contributed by atoms with van der Waals surface area (Å²) in [5, 5.41) is 2.56.